The van der Waals surface area contributed by atoms with E-state index in [1.165, 1.54) is 0 Å². The maximum Gasteiger partial charge on any atom is 0.255 e. The summed E-state index contributed by atoms with van der Waals surface area (Å²) >= 11 is 0. The molecule has 0 saturated carbocycles. The Balaban J connectivity index is 1.65. The van der Waals surface area contributed by atoms with E-state index in [1.54, 1.807) is 11.1 Å². The fourth-order valence-corrected chi connectivity index (χ4v) is 3.71. The average molecular weight is 349 g/mol. The number of aromatic nitrogens is 1. The van der Waals surface area contributed by atoms with Gasteiger partial charge in [-0.05, 0) is 42.2 Å². The SMILES string of the molecule is CCc1cccnc1-c1ccc2c(c1)CN(C1CCC(=O)NC1=O)C2=O. The number of imide groups is 1. The number of hydrogen-bond acceptors (Lipinski definition) is 4. The van der Waals surface area contributed by atoms with E-state index in [-0.39, 0.29) is 24.1 Å². The minimum absolute atomic E-state index is 0.155. The number of carbonyl (C=O) groups excluding carboxylic acids is 3. The summed E-state index contributed by atoms with van der Waals surface area (Å²) in [6, 6.07) is 9.09. The lowest BCUT2D eigenvalue weighted by atomic mass is 10.00. The fourth-order valence-electron chi connectivity index (χ4n) is 3.71. The van der Waals surface area contributed by atoms with Crippen LogP contribution in [0.4, 0.5) is 0 Å². The molecule has 0 aliphatic carbocycles. The molecular weight excluding hydrogens is 330 g/mol. The summed E-state index contributed by atoms with van der Waals surface area (Å²) in [5, 5.41) is 2.32. The number of nitrogens with one attached hydrogen (secondary N) is 1. The van der Waals surface area contributed by atoms with Crippen molar-refractivity contribution in [3.63, 3.8) is 0 Å². The Morgan fingerprint density at radius 1 is 1.23 bits per heavy atom. The number of piperidine rings is 1. The van der Waals surface area contributed by atoms with Gasteiger partial charge in [0.2, 0.25) is 11.8 Å². The van der Waals surface area contributed by atoms with Crippen LogP contribution in [-0.2, 0) is 22.6 Å². The molecule has 2 aliphatic rings. The van der Waals surface area contributed by atoms with Gasteiger partial charge in [0.25, 0.3) is 5.91 Å². The first kappa shape index (κ1) is 16.4. The molecule has 0 bridgehead atoms. The molecule has 0 radical (unpaired) electrons. The zero-order chi connectivity index (χ0) is 18.3. The molecule has 132 valence electrons. The van der Waals surface area contributed by atoms with Crippen LogP contribution in [-0.4, -0.2) is 33.6 Å². The van der Waals surface area contributed by atoms with Crippen molar-refractivity contribution in [1.29, 1.82) is 0 Å². The van der Waals surface area contributed by atoms with Crippen molar-refractivity contribution in [2.24, 2.45) is 0 Å². The number of hydrogen-bond donors (Lipinski definition) is 1. The highest BCUT2D eigenvalue weighted by Gasteiger charge is 2.39. The topological polar surface area (TPSA) is 79.4 Å². The molecule has 1 N–H and O–H groups in total. The molecule has 3 heterocycles. The molecule has 1 fully saturated rings. The fraction of sp³-hybridized carbons (Fsp3) is 0.300. The van der Waals surface area contributed by atoms with Crippen LogP contribution in [0.5, 0.6) is 0 Å². The lowest BCUT2D eigenvalue weighted by molar-refractivity contribution is -0.136. The number of rotatable bonds is 3. The van der Waals surface area contributed by atoms with Gasteiger partial charge in [0.1, 0.15) is 6.04 Å². The largest absolute Gasteiger partial charge is 0.322 e. The first-order valence-electron chi connectivity index (χ1n) is 8.80. The molecule has 1 atom stereocenters. The first-order chi connectivity index (χ1) is 12.6. The van der Waals surface area contributed by atoms with Crippen LogP contribution >= 0.6 is 0 Å². The smallest absolute Gasteiger partial charge is 0.255 e. The van der Waals surface area contributed by atoms with Gasteiger partial charge >= 0.3 is 0 Å². The van der Waals surface area contributed by atoms with Crippen LogP contribution in [0.15, 0.2) is 36.5 Å². The van der Waals surface area contributed by atoms with Gasteiger partial charge in [-0.25, -0.2) is 0 Å². The second kappa shape index (κ2) is 6.37. The van der Waals surface area contributed by atoms with Crippen molar-refractivity contribution >= 4 is 17.7 Å². The summed E-state index contributed by atoms with van der Waals surface area (Å²) in [6.45, 7) is 2.46. The van der Waals surface area contributed by atoms with Crippen molar-refractivity contribution < 1.29 is 14.4 Å². The van der Waals surface area contributed by atoms with Crippen molar-refractivity contribution in [3.8, 4) is 11.3 Å². The van der Waals surface area contributed by atoms with E-state index in [2.05, 4.69) is 23.3 Å². The number of nitrogens with zero attached hydrogens (tertiary/aromatic N) is 2. The average Bonchev–Trinajstić information content (AvgIpc) is 2.97. The van der Waals surface area contributed by atoms with E-state index in [1.807, 2.05) is 24.3 Å². The lowest BCUT2D eigenvalue weighted by Gasteiger charge is -2.29. The number of amides is 3. The van der Waals surface area contributed by atoms with Crippen molar-refractivity contribution in [2.45, 2.75) is 38.8 Å². The highest BCUT2D eigenvalue weighted by molar-refractivity contribution is 6.05. The molecule has 1 aromatic carbocycles. The summed E-state index contributed by atoms with van der Waals surface area (Å²) in [5.74, 6) is -0.821. The Bertz CT molecular complexity index is 922. The van der Waals surface area contributed by atoms with Crippen LogP contribution in [0, 0.1) is 0 Å². The molecule has 6 heteroatoms. The summed E-state index contributed by atoms with van der Waals surface area (Å²) in [5.41, 5.74) is 4.56. The molecular formula is C20H19N3O3. The van der Waals surface area contributed by atoms with Gasteiger partial charge in [-0.15, -0.1) is 0 Å². The molecule has 6 nitrogen and oxygen atoms in total. The summed E-state index contributed by atoms with van der Waals surface area (Å²) < 4.78 is 0. The second-order valence-electron chi connectivity index (χ2n) is 6.64. The van der Waals surface area contributed by atoms with Gasteiger partial charge in [-0.2, -0.15) is 0 Å². The standard InChI is InChI=1S/C20H19N3O3/c1-2-12-4-3-9-21-18(12)13-5-6-15-14(10-13)11-23(20(15)26)16-7-8-17(24)22-19(16)25/h3-6,9-10,16H,2,7-8,11H2,1H3,(H,22,24,25). The first-order valence-corrected chi connectivity index (χ1v) is 8.80. The molecule has 1 saturated heterocycles. The maximum absolute atomic E-state index is 12.7. The Kier molecular flexibility index (Phi) is 4.03. The summed E-state index contributed by atoms with van der Waals surface area (Å²) in [4.78, 5) is 42.3. The van der Waals surface area contributed by atoms with Crippen LogP contribution < -0.4 is 5.32 Å². The third kappa shape index (κ3) is 2.67. The molecule has 26 heavy (non-hydrogen) atoms. The maximum atomic E-state index is 12.7. The number of aryl methyl sites for hydroxylation is 1. The molecule has 2 aliphatic heterocycles. The van der Waals surface area contributed by atoms with Gasteiger partial charge in [0, 0.05) is 30.3 Å². The third-order valence-electron chi connectivity index (χ3n) is 5.07. The minimum Gasteiger partial charge on any atom is -0.322 e. The number of fused-ring (bicyclic) bond motifs is 1. The highest BCUT2D eigenvalue weighted by Crippen LogP contribution is 2.31. The predicted molar refractivity (Wildman–Crippen MR) is 95.1 cm³/mol. The van der Waals surface area contributed by atoms with E-state index >= 15 is 0 Å². The van der Waals surface area contributed by atoms with Crippen molar-refractivity contribution in [2.75, 3.05) is 0 Å². The lowest BCUT2D eigenvalue weighted by Crippen LogP contribution is -2.52. The van der Waals surface area contributed by atoms with E-state index in [9.17, 15) is 14.4 Å². The Labute approximate surface area is 151 Å². The molecule has 1 aromatic heterocycles. The van der Waals surface area contributed by atoms with Crippen LogP contribution in [0.3, 0.4) is 0 Å². The van der Waals surface area contributed by atoms with Gasteiger partial charge in [-0.3, -0.25) is 24.7 Å². The number of benzene rings is 1. The van der Waals surface area contributed by atoms with E-state index < -0.39 is 6.04 Å². The molecule has 3 amide bonds. The molecule has 0 spiro atoms. The Hall–Kier alpha value is -3.02. The quantitative estimate of drug-likeness (QED) is 0.861. The summed E-state index contributed by atoms with van der Waals surface area (Å²) in [7, 11) is 0. The minimum atomic E-state index is -0.586. The van der Waals surface area contributed by atoms with E-state index in [0.717, 1.165) is 28.8 Å². The van der Waals surface area contributed by atoms with Gasteiger partial charge in [0.15, 0.2) is 0 Å². The second-order valence-corrected chi connectivity index (χ2v) is 6.64. The summed E-state index contributed by atoms with van der Waals surface area (Å²) in [6.07, 6.45) is 3.27. The third-order valence-corrected chi connectivity index (χ3v) is 5.07. The Morgan fingerprint density at radius 2 is 2.08 bits per heavy atom. The normalized spacial score (nSPS) is 19.5. The number of carbonyl (C=O) groups is 3. The van der Waals surface area contributed by atoms with Gasteiger partial charge in [-0.1, -0.05) is 19.1 Å². The van der Waals surface area contributed by atoms with Gasteiger partial charge < -0.3 is 4.90 Å². The zero-order valence-electron chi connectivity index (χ0n) is 14.5. The van der Waals surface area contributed by atoms with Crippen molar-refractivity contribution in [1.82, 2.24) is 15.2 Å². The Morgan fingerprint density at radius 3 is 2.85 bits per heavy atom. The molecule has 2 aromatic rings. The van der Waals surface area contributed by atoms with Crippen LogP contribution in [0.1, 0.15) is 41.3 Å². The monoisotopic (exact) mass is 349 g/mol. The van der Waals surface area contributed by atoms with E-state index in [0.29, 0.717) is 18.5 Å². The zero-order valence-corrected chi connectivity index (χ0v) is 14.5. The van der Waals surface area contributed by atoms with Crippen LogP contribution in [0.2, 0.25) is 0 Å². The van der Waals surface area contributed by atoms with E-state index in [4.69, 9.17) is 0 Å². The number of pyridine rings is 1. The molecule has 4 rings (SSSR count). The molecule has 1 unspecified atom stereocenters. The highest BCUT2D eigenvalue weighted by atomic mass is 16.2. The van der Waals surface area contributed by atoms with Gasteiger partial charge in [0.05, 0.1) is 5.69 Å². The van der Waals surface area contributed by atoms with Crippen LogP contribution in [0.25, 0.3) is 11.3 Å². The predicted octanol–water partition coefficient (Wildman–Crippen LogP) is 2.07. The van der Waals surface area contributed by atoms with Crippen molar-refractivity contribution in [3.05, 3.63) is 53.2 Å².